The zero-order chi connectivity index (χ0) is 26.7. The molecule has 204 valence electrons. The van der Waals surface area contributed by atoms with E-state index in [2.05, 4.69) is 22.5 Å². The van der Waals surface area contributed by atoms with Crippen molar-refractivity contribution in [2.24, 2.45) is 5.92 Å². The highest BCUT2D eigenvalue weighted by molar-refractivity contribution is 7.93. The molecular formula is C29H43N3O4S. The van der Waals surface area contributed by atoms with Gasteiger partial charge in [-0.1, -0.05) is 55.5 Å². The van der Waals surface area contributed by atoms with Crippen molar-refractivity contribution in [1.29, 1.82) is 0 Å². The lowest BCUT2D eigenvalue weighted by Crippen LogP contribution is -2.71. The summed E-state index contributed by atoms with van der Waals surface area (Å²) in [6, 6.07) is 9.66. The number of allylic oxidation sites excluding steroid dienone is 3. The van der Waals surface area contributed by atoms with E-state index in [-0.39, 0.29) is 23.7 Å². The van der Waals surface area contributed by atoms with Crippen molar-refractivity contribution in [3.05, 3.63) is 54.1 Å². The molecule has 1 aromatic rings. The monoisotopic (exact) mass is 529 g/mol. The lowest BCUT2D eigenvalue weighted by Gasteiger charge is -2.54. The Morgan fingerprint density at radius 2 is 1.89 bits per heavy atom. The van der Waals surface area contributed by atoms with E-state index in [4.69, 9.17) is 4.74 Å². The van der Waals surface area contributed by atoms with E-state index in [0.29, 0.717) is 18.9 Å². The minimum absolute atomic E-state index is 0.0116. The van der Waals surface area contributed by atoms with Gasteiger partial charge >= 0.3 is 6.03 Å². The second-order valence-corrected chi connectivity index (χ2v) is 13.7. The van der Waals surface area contributed by atoms with Gasteiger partial charge in [0.2, 0.25) is 0 Å². The predicted molar refractivity (Wildman–Crippen MR) is 149 cm³/mol. The number of hydrogen-bond acceptors (Lipinski definition) is 5. The van der Waals surface area contributed by atoms with Crippen molar-refractivity contribution >= 4 is 21.4 Å². The number of rotatable bonds is 10. The van der Waals surface area contributed by atoms with E-state index in [1.807, 2.05) is 62.4 Å². The zero-order valence-corrected chi connectivity index (χ0v) is 23.6. The fraction of sp³-hybridized carbons (Fsp3) is 0.621. The van der Waals surface area contributed by atoms with E-state index >= 15 is 0 Å². The van der Waals surface area contributed by atoms with Crippen LogP contribution in [-0.4, -0.2) is 74.3 Å². The van der Waals surface area contributed by atoms with Gasteiger partial charge in [0.1, 0.15) is 4.75 Å². The number of carbonyl (C=O) groups excluding carboxylic acids is 1. The predicted octanol–water partition coefficient (Wildman–Crippen LogP) is 4.17. The first-order chi connectivity index (χ1) is 17.6. The lowest BCUT2D eigenvalue weighted by molar-refractivity contribution is 0.00975. The third-order valence-electron chi connectivity index (χ3n) is 8.93. The summed E-state index contributed by atoms with van der Waals surface area (Å²) in [6.45, 7) is 9.20. The molecule has 0 spiro atoms. The standard InChI is InChI=1S/C29H43N3O4S/c1-5-28(22-32-18-14-25(28)15-19-32)31-26(33)30-27(2,3)29(37(34,35)21-9-20-36-4)16-12-24(13-17-29)23-10-7-6-8-11-23/h6-8,10-13,16,25H,5,9,14-15,17-22H2,1-4H3,(H2,30,31,33). The number of nitrogens with one attached hydrogen (secondary N) is 2. The molecule has 2 amide bonds. The molecule has 0 radical (unpaired) electrons. The number of methoxy groups -OCH3 is 1. The summed E-state index contributed by atoms with van der Waals surface area (Å²) < 4.78 is 31.8. The Labute approximate surface area is 222 Å². The van der Waals surface area contributed by atoms with Gasteiger partial charge in [0.15, 0.2) is 9.84 Å². The number of carbonyl (C=O) groups is 1. The topological polar surface area (TPSA) is 87.7 Å². The average molecular weight is 530 g/mol. The van der Waals surface area contributed by atoms with Crippen LogP contribution in [-0.2, 0) is 14.6 Å². The molecule has 3 aliphatic heterocycles. The van der Waals surface area contributed by atoms with E-state index in [0.717, 1.165) is 50.0 Å². The number of ether oxygens (including phenoxy) is 1. The highest BCUT2D eigenvalue weighted by Gasteiger charge is 2.54. The molecule has 5 rings (SSSR count). The number of nitrogens with zero attached hydrogens (tertiary/aromatic N) is 1. The Hall–Kier alpha value is -2.16. The van der Waals surface area contributed by atoms with Gasteiger partial charge in [-0.2, -0.15) is 0 Å². The summed E-state index contributed by atoms with van der Waals surface area (Å²) in [5.74, 6) is 0.441. The van der Waals surface area contributed by atoms with Crippen molar-refractivity contribution in [2.45, 2.75) is 68.7 Å². The molecule has 3 saturated heterocycles. The van der Waals surface area contributed by atoms with Gasteiger partial charge in [0, 0.05) is 20.3 Å². The van der Waals surface area contributed by atoms with Crippen LogP contribution in [0.25, 0.3) is 5.57 Å². The van der Waals surface area contributed by atoms with E-state index in [1.54, 1.807) is 7.11 Å². The maximum Gasteiger partial charge on any atom is 0.315 e. The van der Waals surface area contributed by atoms with E-state index in [1.165, 1.54) is 0 Å². The summed E-state index contributed by atoms with van der Waals surface area (Å²) in [5.41, 5.74) is 0.700. The van der Waals surface area contributed by atoms with Gasteiger partial charge in [-0.25, -0.2) is 13.2 Å². The Bertz CT molecular complexity index is 1120. The van der Waals surface area contributed by atoms with Crippen molar-refractivity contribution < 1.29 is 17.9 Å². The van der Waals surface area contributed by atoms with Crippen LogP contribution in [0.5, 0.6) is 0 Å². The maximum atomic E-state index is 14.0. The Morgan fingerprint density at radius 1 is 1.19 bits per heavy atom. The van der Waals surface area contributed by atoms with Gasteiger partial charge in [-0.05, 0) is 76.1 Å². The zero-order valence-electron chi connectivity index (χ0n) is 22.8. The Kier molecular flexibility index (Phi) is 8.22. The highest BCUT2D eigenvalue weighted by Crippen LogP contribution is 2.42. The second-order valence-electron chi connectivity index (χ2n) is 11.4. The fourth-order valence-corrected chi connectivity index (χ4v) is 8.88. The maximum absolute atomic E-state index is 14.0. The smallest absolute Gasteiger partial charge is 0.315 e. The summed E-state index contributed by atoms with van der Waals surface area (Å²) in [7, 11) is -2.08. The van der Waals surface area contributed by atoms with Gasteiger partial charge in [0.25, 0.3) is 0 Å². The molecule has 4 aliphatic rings. The van der Waals surface area contributed by atoms with Gasteiger partial charge in [-0.3, -0.25) is 0 Å². The minimum Gasteiger partial charge on any atom is -0.385 e. The fourth-order valence-electron chi connectivity index (χ4n) is 6.57. The number of benzene rings is 1. The van der Waals surface area contributed by atoms with Crippen LogP contribution in [0.3, 0.4) is 0 Å². The summed E-state index contributed by atoms with van der Waals surface area (Å²) in [5, 5.41) is 6.44. The largest absolute Gasteiger partial charge is 0.385 e. The van der Waals surface area contributed by atoms with Crippen molar-refractivity contribution in [3.8, 4) is 0 Å². The number of urea groups is 1. The SMILES string of the molecule is CCC1(NC(=O)NC(C)(C)C2(S(=O)(=O)CCCOC)C=CC(c3ccccc3)=CC2)CN2CCC1CC2. The second kappa shape index (κ2) is 10.9. The molecule has 8 heteroatoms. The summed E-state index contributed by atoms with van der Waals surface area (Å²) in [4.78, 5) is 16.0. The quantitative estimate of drug-likeness (QED) is 0.444. The van der Waals surface area contributed by atoms with Gasteiger partial charge < -0.3 is 20.3 Å². The molecule has 2 atom stereocenters. The first kappa shape index (κ1) is 27.9. The van der Waals surface area contributed by atoms with Crippen LogP contribution < -0.4 is 10.6 Å². The molecule has 0 saturated carbocycles. The third kappa shape index (κ3) is 5.38. The molecule has 0 aromatic heterocycles. The van der Waals surface area contributed by atoms with Crippen LogP contribution in [0.2, 0.25) is 0 Å². The number of hydrogen-bond donors (Lipinski definition) is 2. The summed E-state index contributed by atoms with van der Waals surface area (Å²) >= 11 is 0. The Balaban J connectivity index is 1.60. The first-order valence-corrected chi connectivity index (χ1v) is 15.2. The normalized spacial score (nSPS) is 29.6. The molecule has 2 unspecified atom stereocenters. The lowest BCUT2D eigenvalue weighted by atomic mass is 9.71. The highest BCUT2D eigenvalue weighted by atomic mass is 32.2. The molecule has 2 bridgehead atoms. The van der Waals surface area contributed by atoms with Crippen LogP contribution >= 0.6 is 0 Å². The van der Waals surface area contributed by atoms with Crippen molar-refractivity contribution in [2.75, 3.05) is 39.1 Å². The summed E-state index contributed by atoms with van der Waals surface area (Å²) in [6.07, 6.45) is 9.41. The molecular weight excluding hydrogens is 486 g/mol. The number of sulfone groups is 1. The minimum atomic E-state index is -3.65. The van der Waals surface area contributed by atoms with E-state index < -0.39 is 20.1 Å². The molecule has 3 fully saturated rings. The van der Waals surface area contributed by atoms with Gasteiger partial charge in [0.05, 0.1) is 16.8 Å². The molecule has 2 N–H and O–H groups in total. The van der Waals surface area contributed by atoms with Crippen LogP contribution in [0, 0.1) is 5.92 Å². The number of fused-ring (bicyclic) bond motifs is 3. The molecule has 37 heavy (non-hydrogen) atoms. The van der Waals surface area contributed by atoms with Crippen LogP contribution in [0.15, 0.2) is 48.6 Å². The van der Waals surface area contributed by atoms with Gasteiger partial charge in [-0.15, -0.1) is 0 Å². The average Bonchev–Trinajstić information content (AvgIpc) is 2.89. The Morgan fingerprint density at radius 3 is 2.43 bits per heavy atom. The molecule has 3 heterocycles. The van der Waals surface area contributed by atoms with E-state index in [9.17, 15) is 13.2 Å². The van der Waals surface area contributed by atoms with Crippen LogP contribution in [0.1, 0.15) is 58.4 Å². The third-order valence-corrected chi connectivity index (χ3v) is 11.7. The first-order valence-electron chi connectivity index (χ1n) is 13.6. The van der Waals surface area contributed by atoms with Crippen LogP contribution in [0.4, 0.5) is 4.79 Å². The molecule has 1 aromatic carbocycles. The van der Waals surface area contributed by atoms with Crippen molar-refractivity contribution in [1.82, 2.24) is 15.5 Å². The number of piperidine rings is 3. The molecule has 1 aliphatic carbocycles. The molecule has 7 nitrogen and oxygen atoms in total. The van der Waals surface area contributed by atoms with Crippen molar-refractivity contribution in [3.63, 3.8) is 0 Å². The number of amides is 2.